The number of alkyl carbamates (subject to hydrolysis) is 1. The fraction of sp³-hybridized carbons (Fsp3) is 0.885. The highest BCUT2D eigenvalue weighted by Gasteiger charge is 2.50. The highest BCUT2D eigenvalue weighted by Crippen LogP contribution is 2.61. The molecule has 4 saturated carbocycles. The van der Waals surface area contributed by atoms with E-state index in [4.69, 9.17) is 4.74 Å². The fourth-order valence-electron chi connectivity index (χ4n) is 7.75. The quantitative estimate of drug-likeness (QED) is 0.262. The molecule has 4 aliphatic carbocycles. The maximum atomic E-state index is 13.1. The molecule has 0 aromatic carbocycles. The second-order valence-corrected chi connectivity index (χ2v) is 14.1. The number of amides is 3. The SMILES string of the molecule is CC(C)C[C@H](NC(=O)OCCC12CC3CC(CC(C3)C1)C2)C(=O)NC(CC1CCNC1=O)C(O)S(=O)(=O)[O-]. The smallest absolute Gasteiger partial charge is 0.407 e. The van der Waals surface area contributed by atoms with E-state index < -0.39 is 45.6 Å². The number of hydrogen-bond donors (Lipinski definition) is 4. The molecular formula is C26H42N3O8S-. The van der Waals surface area contributed by atoms with E-state index in [2.05, 4.69) is 16.0 Å². The van der Waals surface area contributed by atoms with Crippen molar-refractivity contribution in [3.05, 3.63) is 0 Å². The summed E-state index contributed by atoms with van der Waals surface area (Å²) in [7, 11) is -5.16. The molecule has 38 heavy (non-hydrogen) atoms. The standard InChI is InChI=1S/C26H43N3O8S/c1-15(2)7-20(23(31)28-21(24(32)38(34,35)36)11-19-3-5-27-22(19)30)29-25(33)37-6-4-26-12-16-8-17(13-26)10-18(9-16)14-26/h15-21,24,32H,3-14H2,1-2H3,(H,27,30)(H,28,31)(H,29,33)(H,34,35,36)/p-1/t16?,17?,18?,19?,20-,21?,24?,26?/m0/s1. The molecule has 11 nitrogen and oxygen atoms in total. The molecule has 1 heterocycles. The molecule has 1 aliphatic heterocycles. The molecule has 5 aliphatic rings. The van der Waals surface area contributed by atoms with Crippen molar-refractivity contribution >= 4 is 28.0 Å². The molecule has 4 bridgehead atoms. The van der Waals surface area contributed by atoms with E-state index in [9.17, 15) is 32.5 Å². The van der Waals surface area contributed by atoms with Crippen molar-refractivity contribution < 1.29 is 37.2 Å². The van der Waals surface area contributed by atoms with Gasteiger partial charge in [0.05, 0.1) is 12.6 Å². The molecule has 0 aromatic heterocycles. The third kappa shape index (κ3) is 7.18. The van der Waals surface area contributed by atoms with Crippen LogP contribution in [0.5, 0.6) is 0 Å². The first-order chi connectivity index (χ1) is 17.8. The Bertz CT molecular complexity index is 965. The van der Waals surface area contributed by atoms with E-state index in [0.29, 0.717) is 13.0 Å². The highest BCUT2D eigenvalue weighted by molar-refractivity contribution is 7.86. The van der Waals surface area contributed by atoms with Crippen molar-refractivity contribution in [3.63, 3.8) is 0 Å². The third-order valence-electron chi connectivity index (χ3n) is 9.02. The lowest BCUT2D eigenvalue weighted by Gasteiger charge is -2.57. The maximum Gasteiger partial charge on any atom is 0.407 e. The molecule has 4 N–H and O–H groups in total. The molecular weight excluding hydrogens is 514 g/mol. The number of rotatable bonds is 12. The summed E-state index contributed by atoms with van der Waals surface area (Å²) >= 11 is 0. The summed E-state index contributed by atoms with van der Waals surface area (Å²) in [5.41, 5.74) is -2.17. The summed E-state index contributed by atoms with van der Waals surface area (Å²) in [4.78, 5) is 37.8. The van der Waals surface area contributed by atoms with Crippen LogP contribution in [0.2, 0.25) is 0 Å². The van der Waals surface area contributed by atoms with Gasteiger partial charge in [0.25, 0.3) is 0 Å². The van der Waals surface area contributed by atoms with E-state index in [-0.39, 0.29) is 36.7 Å². The predicted octanol–water partition coefficient (Wildman–Crippen LogP) is 1.61. The van der Waals surface area contributed by atoms with Crippen molar-refractivity contribution in [2.75, 3.05) is 13.2 Å². The van der Waals surface area contributed by atoms with Crippen molar-refractivity contribution in [1.82, 2.24) is 16.0 Å². The molecule has 4 atom stereocenters. The Morgan fingerprint density at radius 2 is 1.74 bits per heavy atom. The Morgan fingerprint density at radius 1 is 1.13 bits per heavy atom. The Morgan fingerprint density at radius 3 is 2.24 bits per heavy atom. The van der Waals surface area contributed by atoms with Crippen molar-refractivity contribution in [1.29, 1.82) is 0 Å². The molecule has 5 fully saturated rings. The second-order valence-electron chi connectivity index (χ2n) is 12.6. The lowest BCUT2D eigenvalue weighted by Crippen LogP contribution is -2.55. The number of aliphatic hydroxyl groups excluding tert-OH is 1. The highest BCUT2D eigenvalue weighted by atomic mass is 32.2. The first-order valence-corrected chi connectivity index (χ1v) is 15.4. The lowest BCUT2D eigenvalue weighted by atomic mass is 9.49. The van der Waals surface area contributed by atoms with Gasteiger partial charge in [-0.1, -0.05) is 13.8 Å². The maximum absolute atomic E-state index is 13.1. The van der Waals surface area contributed by atoms with Crippen LogP contribution in [0.3, 0.4) is 0 Å². The van der Waals surface area contributed by atoms with Gasteiger partial charge in [-0.15, -0.1) is 0 Å². The first-order valence-electron chi connectivity index (χ1n) is 14.0. The van der Waals surface area contributed by atoms with Gasteiger partial charge in [-0.05, 0) is 93.3 Å². The summed E-state index contributed by atoms with van der Waals surface area (Å²) in [6, 6.07) is -2.56. The predicted molar refractivity (Wildman–Crippen MR) is 136 cm³/mol. The van der Waals surface area contributed by atoms with Gasteiger partial charge in [-0.3, -0.25) is 9.59 Å². The average molecular weight is 557 g/mol. The zero-order valence-corrected chi connectivity index (χ0v) is 23.1. The minimum atomic E-state index is -5.16. The molecule has 0 radical (unpaired) electrons. The summed E-state index contributed by atoms with van der Waals surface area (Å²) in [6.45, 7) is 4.37. The van der Waals surface area contributed by atoms with E-state index in [1.54, 1.807) is 0 Å². The zero-order chi connectivity index (χ0) is 27.7. The molecule has 216 valence electrons. The normalized spacial score (nSPS) is 32.5. The van der Waals surface area contributed by atoms with Crippen LogP contribution in [-0.2, 0) is 24.4 Å². The van der Waals surface area contributed by atoms with Gasteiger partial charge in [0.15, 0.2) is 5.44 Å². The van der Waals surface area contributed by atoms with E-state index in [1.807, 2.05) is 13.8 Å². The zero-order valence-electron chi connectivity index (χ0n) is 22.3. The molecule has 3 amide bonds. The largest absolute Gasteiger partial charge is 0.746 e. The molecule has 3 unspecified atom stereocenters. The Hall–Kier alpha value is -1.92. The number of carbonyl (C=O) groups excluding carboxylic acids is 3. The summed E-state index contributed by atoms with van der Waals surface area (Å²) in [5.74, 6) is 0.650. The third-order valence-corrected chi connectivity index (χ3v) is 9.94. The number of carbonyl (C=O) groups is 3. The van der Waals surface area contributed by atoms with Gasteiger partial charge in [0.1, 0.15) is 16.2 Å². The monoisotopic (exact) mass is 556 g/mol. The Labute approximate surface area is 225 Å². The summed E-state index contributed by atoms with van der Waals surface area (Å²) in [6.07, 6.45) is 8.08. The van der Waals surface area contributed by atoms with Gasteiger partial charge >= 0.3 is 6.09 Å². The second kappa shape index (κ2) is 11.7. The summed E-state index contributed by atoms with van der Waals surface area (Å²) in [5, 5.41) is 17.8. The topological polar surface area (TPSA) is 174 Å². The number of nitrogens with one attached hydrogen (secondary N) is 3. The Balaban J connectivity index is 1.33. The number of aliphatic hydroxyl groups is 1. The van der Waals surface area contributed by atoms with Crippen LogP contribution in [0.4, 0.5) is 4.79 Å². The van der Waals surface area contributed by atoms with Gasteiger partial charge < -0.3 is 30.3 Å². The van der Waals surface area contributed by atoms with E-state index in [0.717, 1.165) is 24.2 Å². The molecule has 1 saturated heterocycles. The molecule has 0 aromatic rings. The van der Waals surface area contributed by atoms with Crippen LogP contribution in [0.15, 0.2) is 0 Å². The minimum absolute atomic E-state index is 0.00898. The van der Waals surface area contributed by atoms with Crippen LogP contribution >= 0.6 is 0 Å². The van der Waals surface area contributed by atoms with Crippen LogP contribution in [0.1, 0.15) is 78.1 Å². The van der Waals surface area contributed by atoms with Crippen molar-refractivity contribution in [3.8, 4) is 0 Å². The van der Waals surface area contributed by atoms with Crippen LogP contribution in [0, 0.1) is 35.0 Å². The van der Waals surface area contributed by atoms with Gasteiger partial charge in [-0.25, -0.2) is 13.2 Å². The van der Waals surface area contributed by atoms with Gasteiger partial charge in [0.2, 0.25) is 11.8 Å². The van der Waals surface area contributed by atoms with E-state index >= 15 is 0 Å². The van der Waals surface area contributed by atoms with Gasteiger partial charge in [-0.2, -0.15) is 0 Å². The number of ether oxygens (including phenoxy) is 1. The fourth-order valence-corrected chi connectivity index (χ4v) is 8.33. The molecule has 0 spiro atoms. The lowest BCUT2D eigenvalue weighted by molar-refractivity contribution is -0.126. The summed E-state index contributed by atoms with van der Waals surface area (Å²) < 4.78 is 40.1. The van der Waals surface area contributed by atoms with Crippen LogP contribution in [-0.4, -0.2) is 66.7 Å². The van der Waals surface area contributed by atoms with Crippen molar-refractivity contribution in [2.24, 2.45) is 35.0 Å². The molecule has 5 rings (SSSR count). The van der Waals surface area contributed by atoms with Gasteiger partial charge in [0, 0.05) is 12.5 Å². The minimum Gasteiger partial charge on any atom is -0.746 e. The van der Waals surface area contributed by atoms with Crippen LogP contribution < -0.4 is 16.0 Å². The Kier molecular flexibility index (Phi) is 8.93. The molecule has 12 heteroatoms. The van der Waals surface area contributed by atoms with E-state index in [1.165, 1.54) is 38.5 Å². The van der Waals surface area contributed by atoms with Crippen molar-refractivity contribution in [2.45, 2.75) is 95.6 Å². The number of hydrogen-bond acceptors (Lipinski definition) is 8. The van der Waals surface area contributed by atoms with Crippen LogP contribution in [0.25, 0.3) is 0 Å². The average Bonchev–Trinajstić information content (AvgIpc) is 3.20. The first kappa shape index (κ1) is 29.1.